The Morgan fingerprint density at radius 3 is 2.81 bits per heavy atom. The Morgan fingerprint density at radius 2 is 2.11 bits per heavy atom. The predicted octanol–water partition coefficient (Wildman–Crippen LogP) is 3.51. The molecule has 3 heterocycles. The smallest absolute Gasteiger partial charge is 0.266 e. The third-order valence-electron chi connectivity index (χ3n) is 4.86. The molecule has 1 N–H and O–H groups in total. The number of nitrogens with one attached hydrogen (secondary N) is 1. The largest absolute Gasteiger partial charge is 0.376 e. The van der Waals surface area contributed by atoms with Gasteiger partial charge in [-0.25, -0.2) is 4.98 Å². The number of amides is 1. The fraction of sp³-hybridized carbons (Fsp3) is 0.350. The molecule has 1 aliphatic heterocycles. The van der Waals surface area contributed by atoms with Crippen molar-refractivity contribution in [1.82, 2.24) is 9.55 Å². The topological polar surface area (TPSA) is 73.2 Å². The Morgan fingerprint density at radius 1 is 1.33 bits per heavy atom. The first-order valence-corrected chi connectivity index (χ1v) is 9.83. The molecule has 4 rings (SSSR count). The quantitative estimate of drug-likeness (QED) is 0.748. The lowest BCUT2D eigenvalue weighted by Gasteiger charge is -2.11. The zero-order chi connectivity index (χ0) is 19.0. The monoisotopic (exact) mass is 383 g/mol. The van der Waals surface area contributed by atoms with Gasteiger partial charge >= 0.3 is 0 Å². The van der Waals surface area contributed by atoms with E-state index in [0.717, 1.165) is 30.7 Å². The Kier molecular flexibility index (Phi) is 4.80. The van der Waals surface area contributed by atoms with E-state index >= 15 is 0 Å². The molecule has 0 radical (unpaired) electrons. The predicted molar refractivity (Wildman–Crippen MR) is 107 cm³/mol. The molecule has 7 heteroatoms. The van der Waals surface area contributed by atoms with Crippen LogP contribution in [0.5, 0.6) is 0 Å². The number of thiophene rings is 1. The van der Waals surface area contributed by atoms with E-state index in [1.54, 1.807) is 10.9 Å². The highest BCUT2D eigenvalue weighted by atomic mass is 32.1. The van der Waals surface area contributed by atoms with Crippen molar-refractivity contribution in [3.05, 3.63) is 57.0 Å². The number of hydrogen-bond donors (Lipinski definition) is 1. The van der Waals surface area contributed by atoms with Gasteiger partial charge in [0.15, 0.2) is 0 Å². The minimum Gasteiger partial charge on any atom is -0.376 e. The number of ether oxygens (including phenoxy) is 1. The van der Waals surface area contributed by atoms with Crippen molar-refractivity contribution in [3.8, 4) is 0 Å². The summed E-state index contributed by atoms with van der Waals surface area (Å²) in [7, 11) is 0. The highest BCUT2D eigenvalue weighted by molar-refractivity contribution is 7.20. The molecule has 27 heavy (non-hydrogen) atoms. The molecule has 1 unspecified atom stereocenters. The molecule has 140 valence electrons. The van der Waals surface area contributed by atoms with Gasteiger partial charge in [0.05, 0.1) is 29.2 Å². The first-order chi connectivity index (χ1) is 13.0. The van der Waals surface area contributed by atoms with Crippen LogP contribution in [0.15, 0.2) is 35.4 Å². The first-order valence-electron chi connectivity index (χ1n) is 9.01. The molecule has 1 atom stereocenters. The molecule has 1 fully saturated rings. The van der Waals surface area contributed by atoms with Crippen LogP contribution in [0, 0.1) is 13.8 Å². The summed E-state index contributed by atoms with van der Waals surface area (Å²) in [5.41, 5.74) is 2.42. The number of aromatic nitrogens is 2. The molecule has 0 spiro atoms. The van der Waals surface area contributed by atoms with Gasteiger partial charge in [0.2, 0.25) is 0 Å². The zero-order valence-electron chi connectivity index (χ0n) is 15.3. The summed E-state index contributed by atoms with van der Waals surface area (Å²) in [4.78, 5) is 31.1. The van der Waals surface area contributed by atoms with E-state index in [1.807, 2.05) is 38.1 Å². The maximum Gasteiger partial charge on any atom is 0.266 e. The van der Waals surface area contributed by atoms with Gasteiger partial charge in [-0.05, 0) is 44.4 Å². The van der Waals surface area contributed by atoms with Gasteiger partial charge < -0.3 is 10.1 Å². The lowest BCUT2D eigenvalue weighted by Crippen LogP contribution is -2.26. The number of anilines is 1. The summed E-state index contributed by atoms with van der Waals surface area (Å²) in [6.45, 7) is 5.05. The highest BCUT2D eigenvalue weighted by Gasteiger charge is 2.21. The Hall–Kier alpha value is -2.51. The van der Waals surface area contributed by atoms with Gasteiger partial charge in [0.1, 0.15) is 4.83 Å². The third-order valence-corrected chi connectivity index (χ3v) is 6.06. The molecule has 1 aliphatic rings. The number of rotatable bonds is 4. The Labute approximate surface area is 160 Å². The van der Waals surface area contributed by atoms with Crippen LogP contribution in [0.25, 0.3) is 10.2 Å². The molecule has 1 amide bonds. The minimum atomic E-state index is -0.218. The zero-order valence-corrected chi connectivity index (χ0v) is 16.1. The van der Waals surface area contributed by atoms with Crippen molar-refractivity contribution in [2.24, 2.45) is 0 Å². The molecule has 1 aromatic carbocycles. The van der Waals surface area contributed by atoms with E-state index in [-0.39, 0.29) is 17.6 Å². The normalized spacial score (nSPS) is 16.7. The summed E-state index contributed by atoms with van der Waals surface area (Å²) in [6.07, 6.45) is 3.60. The summed E-state index contributed by atoms with van der Waals surface area (Å²) < 4.78 is 7.22. The van der Waals surface area contributed by atoms with Gasteiger partial charge in [-0.15, -0.1) is 11.3 Å². The average Bonchev–Trinajstić information content (AvgIpc) is 3.27. The second-order valence-corrected chi connectivity index (χ2v) is 7.89. The SMILES string of the molecule is Cc1ccc(NC(=O)c2sc3ncn(CC4CCCO4)c(=O)c3c2C)cc1. The molecule has 0 saturated carbocycles. The van der Waals surface area contributed by atoms with Crippen molar-refractivity contribution in [2.75, 3.05) is 11.9 Å². The van der Waals surface area contributed by atoms with Crippen LogP contribution in [0.4, 0.5) is 5.69 Å². The molecule has 6 nitrogen and oxygen atoms in total. The van der Waals surface area contributed by atoms with E-state index in [0.29, 0.717) is 27.2 Å². The number of fused-ring (bicyclic) bond motifs is 1. The lowest BCUT2D eigenvalue weighted by atomic mass is 10.2. The fourth-order valence-electron chi connectivity index (χ4n) is 3.34. The van der Waals surface area contributed by atoms with Crippen molar-refractivity contribution >= 4 is 33.1 Å². The van der Waals surface area contributed by atoms with E-state index in [2.05, 4.69) is 10.3 Å². The second-order valence-electron chi connectivity index (χ2n) is 6.89. The average molecular weight is 383 g/mol. The standard InChI is InChI=1S/C20H21N3O3S/c1-12-5-7-14(8-6-12)22-18(24)17-13(2)16-19(27-17)21-11-23(20(16)25)10-15-4-3-9-26-15/h5-8,11,15H,3-4,9-10H2,1-2H3,(H,22,24). The Bertz CT molecular complexity index is 1050. The molecule has 1 saturated heterocycles. The van der Waals surface area contributed by atoms with E-state index < -0.39 is 0 Å². The van der Waals surface area contributed by atoms with Gasteiger partial charge in [0, 0.05) is 12.3 Å². The van der Waals surface area contributed by atoms with Crippen LogP contribution < -0.4 is 10.9 Å². The van der Waals surface area contributed by atoms with Crippen molar-refractivity contribution in [1.29, 1.82) is 0 Å². The van der Waals surface area contributed by atoms with E-state index in [4.69, 9.17) is 4.74 Å². The number of aryl methyl sites for hydroxylation is 2. The lowest BCUT2D eigenvalue weighted by molar-refractivity contribution is 0.0960. The summed E-state index contributed by atoms with van der Waals surface area (Å²) in [6, 6.07) is 7.61. The van der Waals surface area contributed by atoms with Crippen molar-refractivity contribution in [3.63, 3.8) is 0 Å². The molecule has 0 aliphatic carbocycles. The maximum atomic E-state index is 12.9. The van der Waals surface area contributed by atoms with E-state index in [1.165, 1.54) is 11.3 Å². The summed E-state index contributed by atoms with van der Waals surface area (Å²) >= 11 is 1.25. The van der Waals surface area contributed by atoms with Crippen LogP contribution in [0.1, 0.15) is 33.6 Å². The molecule has 2 aromatic heterocycles. The van der Waals surface area contributed by atoms with Gasteiger partial charge in [-0.1, -0.05) is 17.7 Å². The molecule has 0 bridgehead atoms. The fourth-order valence-corrected chi connectivity index (χ4v) is 4.37. The molecular weight excluding hydrogens is 362 g/mol. The number of nitrogens with zero attached hydrogens (tertiary/aromatic N) is 2. The number of carbonyl (C=O) groups excluding carboxylic acids is 1. The van der Waals surface area contributed by atoms with Gasteiger partial charge in [-0.2, -0.15) is 0 Å². The Balaban J connectivity index is 1.64. The van der Waals surface area contributed by atoms with Crippen LogP contribution in [0.2, 0.25) is 0 Å². The first kappa shape index (κ1) is 17.9. The van der Waals surface area contributed by atoms with Crippen LogP contribution in [-0.2, 0) is 11.3 Å². The van der Waals surface area contributed by atoms with Gasteiger partial charge in [-0.3, -0.25) is 14.2 Å². The highest BCUT2D eigenvalue weighted by Crippen LogP contribution is 2.28. The number of carbonyl (C=O) groups is 1. The second kappa shape index (κ2) is 7.25. The van der Waals surface area contributed by atoms with E-state index in [9.17, 15) is 9.59 Å². The minimum absolute atomic E-state index is 0.0604. The molecule has 3 aromatic rings. The summed E-state index contributed by atoms with van der Waals surface area (Å²) in [5.74, 6) is -0.218. The van der Waals surface area contributed by atoms with Gasteiger partial charge in [0.25, 0.3) is 11.5 Å². The van der Waals surface area contributed by atoms with Crippen LogP contribution in [-0.4, -0.2) is 28.2 Å². The van der Waals surface area contributed by atoms with Crippen molar-refractivity contribution < 1.29 is 9.53 Å². The number of benzene rings is 1. The summed E-state index contributed by atoms with van der Waals surface area (Å²) in [5, 5.41) is 3.42. The van der Waals surface area contributed by atoms with Crippen LogP contribution in [0.3, 0.4) is 0 Å². The van der Waals surface area contributed by atoms with Crippen LogP contribution >= 0.6 is 11.3 Å². The maximum absolute atomic E-state index is 12.9. The molecular formula is C20H21N3O3S. The van der Waals surface area contributed by atoms with Crippen molar-refractivity contribution in [2.45, 2.75) is 39.3 Å². The number of hydrogen-bond acceptors (Lipinski definition) is 5. The third kappa shape index (κ3) is 3.52.